The smallest absolute Gasteiger partial charge is 0.165 e. The molecule has 22 heavy (non-hydrogen) atoms. The molecule has 0 saturated carbocycles. The summed E-state index contributed by atoms with van der Waals surface area (Å²) in [5.74, 6) is 1.14. The molecule has 0 atom stereocenters. The van der Waals surface area contributed by atoms with Crippen molar-refractivity contribution >= 4 is 33.2 Å². The van der Waals surface area contributed by atoms with Crippen LogP contribution in [0.2, 0.25) is 0 Å². The van der Waals surface area contributed by atoms with Crippen molar-refractivity contribution in [1.29, 1.82) is 0 Å². The van der Waals surface area contributed by atoms with Gasteiger partial charge >= 0.3 is 0 Å². The molecule has 0 amide bonds. The minimum absolute atomic E-state index is 0.265. The van der Waals surface area contributed by atoms with Gasteiger partial charge in [-0.1, -0.05) is 0 Å². The lowest BCUT2D eigenvalue weighted by molar-refractivity contribution is 0.587. The van der Waals surface area contributed by atoms with E-state index in [0.29, 0.717) is 5.82 Å². The highest BCUT2D eigenvalue weighted by atomic mass is 32.1. The fraction of sp³-hybridized carbons (Fsp3) is 0.267. The molecule has 5 nitrogen and oxygen atoms in total. The van der Waals surface area contributed by atoms with Gasteiger partial charge in [-0.05, 0) is 23.6 Å². The summed E-state index contributed by atoms with van der Waals surface area (Å²) in [6.07, 6.45) is 3.24. The number of hydrogen-bond donors (Lipinski definition) is 0. The Hall–Kier alpha value is -2.28. The Balaban J connectivity index is 1.55. The van der Waals surface area contributed by atoms with Gasteiger partial charge in [0.1, 0.15) is 12.1 Å². The number of anilines is 2. The van der Waals surface area contributed by atoms with Crippen molar-refractivity contribution in [3.05, 3.63) is 41.9 Å². The van der Waals surface area contributed by atoms with Crippen molar-refractivity contribution in [3.8, 4) is 0 Å². The second kappa shape index (κ2) is 5.49. The summed E-state index contributed by atoms with van der Waals surface area (Å²) in [6.45, 7) is 3.04. The molecule has 0 bridgehead atoms. The van der Waals surface area contributed by atoms with Crippen LogP contribution in [-0.2, 0) is 0 Å². The molecule has 0 aliphatic carbocycles. The van der Waals surface area contributed by atoms with Crippen LogP contribution in [0.25, 0.3) is 10.2 Å². The predicted octanol–water partition coefficient (Wildman–Crippen LogP) is 2.55. The summed E-state index contributed by atoms with van der Waals surface area (Å²) in [7, 11) is 0. The first-order valence-electron chi connectivity index (χ1n) is 7.11. The van der Waals surface area contributed by atoms with Crippen molar-refractivity contribution in [2.45, 2.75) is 0 Å². The third kappa shape index (κ3) is 2.27. The van der Waals surface area contributed by atoms with E-state index in [4.69, 9.17) is 0 Å². The fourth-order valence-corrected chi connectivity index (χ4v) is 3.60. The van der Waals surface area contributed by atoms with Crippen LogP contribution in [0.1, 0.15) is 0 Å². The Kier molecular flexibility index (Phi) is 3.34. The van der Waals surface area contributed by atoms with Gasteiger partial charge in [-0.2, -0.15) is 0 Å². The van der Waals surface area contributed by atoms with Crippen LogP contribution in [0.5, 0.6) is 0 Å². The SMILES string of the molecule is Fc1cccnc1N1CCN(c2ncnc3ccsc23)CC1. The Bertz CT molecular complexity index is 797. The number of piperazine rings is 1. The first-order valence-corrected chi connectivity index (χ1v) is 7.99. The molecule has 7 heteroatoms. The third-order valence-electron chi connectivity index (χ3n) is 3.84. The lowest BCUT2D eigenvalue weighted by atomic mass is 10.3. The average molecular weight is 315 g/mol. The maximum atomic E-state index is 13.8. The highest BCUT2D eigenvalue weighted by molar-refractivity contribution is 7.17. The van der Waals surface area contributed by atoms with Crippen LogP contribution in [0.15, 0.2) is 36.1 Å². The quantitative estimate of drug-likeness (QED) is 0.727. The molecule has 4 heterocycles. The second-order valence-corrected chi connectivity index (χ2v) is 6.03. The number of hydrogen-bond acceptors (Lipinski definition) is 6. The zero-order valence-corrected chi connectivity index (χ0v) is 12.6. The van der Waals surface area contributed by atoms with E-state index >= 15 is 0 Å². The number of nitrogens with zero attached hydrogens (tertiary/aromatic N) is 5. The maximum Gasteiger partial charge on any atom is 0.165 e. The number of aromatic nitrogens is 3. The highest BCUT2D eigenvalue weighted by Crippen LogP contribution is 2.29. The molecular formula is C15H14FN5S. The van der Waals surface area contributed by atoms with Crippen LogP contribution in [0, 0.1) is 5.82 Å². The van der Waals surface area contributed by atoms with Crippen LogP contribution >= 0.6 is 11.3 Å². The van der Waals surface area contributed by atoms with Gasteiger partial charge in [-0.25, -0.2) is 19.3 Å². The molecule has 1 saturated heterocycles. The molecule has 0 aromatic carbocycles. The van der Waals surface area contributed by atoms with E-state index in [2.05, 4.69) is 19.9 Å². The summed E-state index contributed by atoms with van der Waals surface area (Å²) in [5.41, 5.74) is 0.980. The molecule has 3 aromatic rings. The highest BCUT2D eigenvalue weighted by Gasteiger charge is 2.22. The van der Waals surface area contributed by atoms with E-state index in [-0.39, 0.29) is 5.82 Å². The largest absolute Gasteiger partial charge is 0.352 e. The standard InChI is InChI=1S/C15H14FN5S/c16-11-2-1-4-17-14(11)20-5-7-21(8-6-20)15-13-12(3-9-22-13)18-10-19-15/h1-4,9-10H,5-8H2. The summed E-state index contributed by atoms with van der Waals surface area (Å²) in [6, 6.07) is 5.07. The predicted molar refractivity (Wildman–Crippen MR) is 86.0 cm³/mol. The van der Waals surface area contributed by atoms with Crippen LogP contribution < -0.4 is 9.80 Å². The minimum Gasteiger partial charge on any atom is -0.352 e. The summed E-state index contributed by atoms with van der Waals surface area (Å²) in [5, 5.41) is 2.03. The lowest BCUT2D eigenvalue weighted by Crippen LogP contribution is -2.47. The first kappa shape index (κ1) is 13.4. The minimum atomic E-state index is -0.265. The Labute approximate surface area is 131 Å². The molecular weight excluding hydrogens is 301 g/mol. The van der Waals surface area contributed by atoms with E-state index in [1.165, 1.54) is 6.07 Å². The molecule has 1 aliphatic rings. The van der Waals surface area contributed by atoms with Crippen molar-refractivity contribution < 1.29 is 4.39 Å². The zero-order chi connectivity index (χ0) is 14.9. The summed E-state index contributed by atoms with van der Waals surface area (Å²) < 4.78 is 14.9. The van der Waals surface area contributed by atoms with Gasteiger partial charge in [-0.3, -0.25) is 0 Å². The molecule has 1 fully saturated rings. The molecule has 0 radical (unpaired) electrons. The van der Waals surface area contributed by atoms with Gasteiger partial charge in [-0.15, -0.1) is 11.3 Å². The summed E-state index contributed by atoms with van der Waals surface area (Å²) in [4.78, 5) is 17.1. The van der Waals surface area contributed by atoms with Crippen molar-refractivity contribution in [1.82, 2.24) is 15.0 Å². The molecule has 0 N–H and O–H groups in total. The number of pyridine rings is 1. The molecule has 0 unspecified atom stereocenters. The van der Waals surface area contributed by atoms with E-state index in [0.717, 1.165) is 42.2 Å². The zero-order valence-electron chi connectivity index (χ0n) is 11.8. The molecule has 1 aliphatic heterocycles. The molecule has 0 spiro atoms. The van der Waals surface area contributed by atoms with Crippen LogP contribution in [0.4, 0.5) is 16.0 Å². The normalized spacial score (nSPS) is 15.5. The molecule has 4 rings (SSSR count). The molecule has 112 valence electrons. The maximum absolute atomic E-state index is 13.8. The van der Waals surface area contributed by atoms with Crippen LogP contribution in [0.3, 0.4) is 0 Å². The van der Waals surface area contributed by atoms with Crippen molar-refractivity contribution in [2.75, 3.05) is 36.0 Å². The van der Waals surface area contributed by atoms with Crippen molar-refractivity contribution in [3.63, 3.8) is 0 Å². The number of fused-ring (bicyclic) bond motifs is 1. The van der Waals surface area contributed by atoms with Gasteiger partial charge in [0.25, 0.3) is 0 Å². The van der Waals surface area contributed by atoms with Gasteiger partial charge < -0.3 is 9.80 Å². The number of thiophene rings is 1. The Morgan fingerprint density at radius 3 is 2.50 bits per heavy atom. The Morgan fingerprint density at radius 1 is 0.955 bits per heavy atom. The van der Waals surface area contributed by atoms with Gasteiger partial charge in [0, 0.05) is 32.4 Å². The van der Waals surface area contributed by atoms with E-state index in [9.17, 15) is 4.39 Å². The van der Waals surface area contributed by atoms with Gasteiger partial charge in [0.05, 0.1) is 10.2 Å². The number of halogens is 1. The monoisotopic (exact) mass is 315 g/mol. The third-order valence-corrected chi connectivity index (χ3v) is 4.74. The first-order chi connectivity index (χ1) is 10.8. The topological polar surface area (TPSA) is 45.2 Å². The Morgan fingerprint density at radius 2 is 1.73 bits per heavy atom. The van der Waals surface area contributed by atoms with Gasteiger partial charge in [0.15, 0.2) is 11.6 Å². The van der Waals surface area contributed by atoms with Crippen molar-refractivity contribution in [2.24, 2.45) is 0 Å². The fourth-order valence-electron chi connectivity index (χ4n) is 2.74. The second-order valence-electron chi connectivity index (χ2n) is 5.12. The number of rotatable bonds is 2. The van der Waals surface area contributed by atoms with E-state index in [1.807, 2.05) is 16.3 Å². The summed E-state index contributed by atoms with van der Waals surface area (Å²) >= 11 is 1.65. The average Bonchev–Trinajstić information content (AvgIpc) is 3.04. The van der Waals surface area contributed by atoms with Gasteiger partial charge in [0.2, 0.25) is 0 Å². The molecule has 3 aromatic heterocycles. The van der Waals surface area contributed by atoms with E-state index < -0.39 is 0 Å². The lowest BCUT2D eigenvalue weighted by Gasteiger charge is -2.36. The van der Waals surface area contributed by atoms with E-state index in [1.54, 1.807) is 29.9 Å². The van der Waals surface area contributed by atoms with Crippen LogP contribution in [-0.4, -0.2) is 41.1 Å².